The van der Waals surface area contributed by atoms with Crippen molar-refractivity contribution in [2.75, 3.05) is 0 Å². The first kappa shape index (κ1) is 10.3. The van der Waals surface area contributed by atoms with Gasteiger partial charge in [0.05, 0.1) is 0 Å². The molecule has 0 spiro atoms. The molecule has 1 rings (SSSR count). The van der Waals surface area contributed by atoms with Crippen molar-refractivity contribution < 1.29 is 4.79 Å². The number of amides is 1. The van der Waals surface area contributed by atoms with E-state index in [1.165, 1.54) is 18.4 Å². The van der Waals surface area contributed by atoms with Crippen LogP contribution in [0, 0.1) is 0 Å². The molecule has 1 amide bonds. The van der Waals surface area contributed by atoms with Gasteiger partial charge in [0.25, 0.3) is 0 Å². The van der Waals surface area contributed by atoms with Gasteiger partial charge in [0, 0.05) is 12.5 Å². The molecule has 74 valence electrons. The van der Waals surface area contributed by atoms with Gasteiger partial charge in [-0.15, -0.1) is 0 Å². The average Bonchev–Trinajstić information content (AvgIpc) is 2.30. The van der Waals surface area contributed by atoms with Gasteiger partial charge in [-0.3, -0.25) is 4.79 Å². The third-order valence-corrected chi connectivity index (χ3v) is 2.55. The quantitative estimate of drug-likeness (QED) is 0.514. The number of carbonyl (C=O) groups excluding carboxylic acids is 1. The van der Waals surface area contributed by atoms with Gasteiger partial charge in [0.2, 0.25) is 5.91 Å². The Morgan fingerprint density at radius 1 is 1.62 bits per heavy atom. The normalized spacial score (nSPS) is 23.8. The Balaban J connectivity index is 2.39. The number of nitrogens with one attached hydrogen (secondary N) is 1. The fourth-order valence-electron chi connectivity index (χ4n) is 1.77. The third-order valence-electron chi connectivity index (χ3n) is 2.55. The monoisotopic (exact) mass is 181 g/mol. The minimum Gasteiger partial charge on any atom is -0.353 e. The van der Waals surface area contributed by atoms with E-state index in [1.807, 2.05) is 6.92 Å². The Morgan fingerprint density at radius 3 is 3.08 bits per heavy atom. The average molecular weight is 181 g/mol. The van der Waals surface area contributed by atoms with E-state index < -0.39 is 0 Å². The van der Waals surface area contributed by atoms with Gasteiger partial charge in [-0.25, -0.2) is 0 Å². The van der Waals surface area contributed by atoms with Crippen molar-refractivity contribution in [1.82, 2.24) is 5.32 Å². The van der Waals surface area contributed by atoms with Crippen LogP contribution in [0.5, 0.6) is 0 Å². The molecule has 2 nitrogen and oxygen atoms in total. The summed E-state index contributed by atoms with van der Waals surface area (Å²) in [7, 11) is 0. The van der Waals surface area contributed by atoms with E-state index in [0.29, 0.717) is 12.5 Å². The minimum absolute atomic E-state index is 0.166. The zero-order valence-electron chi connectivity index (χ0n) is 8.44. The molecular weight excluding hydrogens is 162 g/mol. The van der Waals surface area contributed by atoms with Gasteiger partial charge < -0.3 is 5.32 Å². The molecule has 1 aliphatic carbocycles. The highest BCUT2D eigenvalue weighted by Crippen LogP contribution is 2.20. The molecule has 0 radical (unpaired) electrons. The number of hydrogen-bond donors (Lipinski definition) is 1. The van der Waals surface area contributed by atoms with Gasteiger partial charge in [-0.1, -0.05) is 25.5 Å². The predicted molar refractivity (Wildman–Crippen MR) is 54.4 cm³/mol. The summed E-state index contributed by atoms with van der Waals surface area (Å²) in [4.78, 5) is 11.2. The van der Waals surface area contributed by atoms with Crippen LogP contribution >= 0.6 is 0 Å². The van der Waals surface area contributed by atoms with Gasteiger partial charge in [-0.05, 0) is 25.7 Å². The lowest BCUT2D eigenvalue weighted by molar-refractivity contribution is -0.121. The molecular formula is C11H19NO. The van der Waals surface area contributed by atoms with E-state index in [2.05, 4.69) is 11.9 Å². The molecule has 0 aliphatic heterocycles. The molecule has 1 N–H and O–H groups in total. The molecule has 0 aromatic rings. The molecule has 13 heavy (non-hydrogen) atoms. The maximum absolute atomic E-state index is 11.2. The molecule has 0 bridgehead atoms. The summed E-state index contributed by atoms with van der Waals surface area (Å²) < 4.78 is 0. The summed E-state index contributed by atoms with van der Waals surface area (Å²) in [6.45, 7) is 5.90. The van der Waals surface area contributed by atoms with Crippen molar-refractivity contribution in [3.8, 4) is 0 Å². The zero-order valence-corrected chi connectivity index (χ0v) is 8.44. The molecule has 0 unspecified atom stereocenters. The first-order valence-corrected chi connectivity index (χ1v) is 5.18. The second-order valence-corrected chi connectivity index (χ2v) is 3.82. The van der Waals surface area contributed by atoms with Crippen LogP contribution in [0.15, 0.2) is 12.2 Å². The number of carbonyl (C=O) groups is 1. The van der Waals surface area contributed by atoms with Crippen molar-refractivity contribution in [2.24, 2.45) is 0 Å². The maximum atomic E-state index is 11.2. The summed E-state index contributed by atoms with van der Waals surface area (Å²) in [5.74, 6) is 0.166. The third kappa shape index (κ3) is 3.62. The van der Waals surface area contributed by atoms with Gasteiger partial charge in [0.1, 0.15) is 0 Å². The Hall–Kier alpha value is -0.790. The van der Waals surface area contributed by atoms with E-state index in [4.69, 9.17) is 0 Å². The van der Waals surface area contributed by atoms with Gasteiger partial charge in [0.15, 0.2) is 0 Å². The van der Waals surface area contributed by atoms with Crippen molar-refractivity contribution in [1.29, 1.82) is 0 Å². The van der Waals surface area contributed by atoms with E-state index in [0.717, 1.165) is 19.3 Å². The highest BCUT2D eigenvalue weighted by molar-refractivity contribution is 5.75. The van der Waals surface area contributed by atoms with Crippen LogP contribution < -0.4 is 5.32 Å². The van der Waals surface area contributed by atoms with E-state index in [9.17, 15) is 4.79 Å². The first-order chi connectivity index (χ1) is 6.22. The lowest BCUT2D eigenvalue weighted by Crippen LogP contribution is -2.33. The van der Waals surface area contributed by atoms with E-state index in [1.54, 1.807) is 0 Å². The maximum Gasteiger partial charge on any atom is 0.219 e. The van der Waals surface area contributed by atoms with Crippen molar-refractivity contribution in [3.05, 3.63) is 12.2 Å². The first-order valence-electron chi connectivity index (χ1n) is 5.18. The van der Waals surface area contributed by atoms with Crippen LogP contribution in [0.25, 0.3) is 0 Å². The summed E-state index contributed by atoms with van der Waals surface area (Å²) in [6.07, 6.45) is 6.27. The van der Waals surface area contributed by atoms with Gasteiger partial charge in [-0.2, -0.15) is 0 Å². The van der Waals surface area contributed by atoms with Crippen molar-refractivity contribution in [3.63, 3.8) is 0 Å². The van der Waals surface area contributed by atoms with E-state index >= 15 is 0 Å². The second-order valence-electron chi connectivity index (χ2n) is 3.82. The lowest BCUT2D eigenvalue weighted by atomic mass is 10.1. The number of rotatable bonds is 2. The molecule has 1 atom stereocenters. The highest BCUT2D eigenvalue weighted by Gasteiger charge is 2.15. The molecule has 0 aromatic carbocycles. The smallest absolute Gasteiger partial charge is 0.219 e. The summed E-state index contributed by atoms with van der Waals surface area (Å²) in [5, 5.41) is 3.04. The fourth-order valence-corrected chi connectivity index (χ4v) is 1.77. The summed E-state index contributed by atoms with van der Waals surface area (Å²) >= 11 is 0. The van der Waals surface area contributed by atoms with Crippen LogP contribution in [0.4, 0.5) is 0 Å². The Morgan fingerprint density at radius 2 is 2.38 bits per heavy atom. The standard InChI is InChI=1S/C11H19NO/c1-3-11(13)12-10-7-5-4-6-9(2)8-10/h10H,2-8H2,1H3,(H,12,13)/t10-/m1/s1. The van der Waals surface area contributed by atoms with Crippen LogP contribution in [0.2, 0.25) is 0 Å². The topological polar surface area (TPSA) is 29.1 Å². The van der Waals surface area contributed by atoms with Crippen LogP contribution in [-0.4, -0.2) is 11.9 Å². The predicted octanol–water partition coefficient (Wildman–Crippen LogP) is 2.40. The Labute approximate surface area is 80.4 Å². The Kier molecular flexibility index (Phi) is 4.00. The van der Waals surface area contributed by atoms with Crippen LogP contribution in [0.3, 0.4) is 0 Å². The van der Waals surface area contributed by atoms with Crippen molar-refractivity contribution >= 4 is 5.91 Å². The van der Waals surface area contributed by atoms with E-state index in [-0.39, 0.29) is 5.91 Å². The minimum atomic E-state index is 0.166. The molecule has 0 saturated heterocycles. The molecule has 0 heterocycles. The summed E-state index contributed by atoms with van der Waals surface area (Å²) in [6, 6.07) is 0.349. The summed E-state index contributed by atoms with van der Waals surface area (Å²) in [5.41, 5.74) is 1.29. The fraction of sp³-hybridized carbons (Fsp3) is 0.727. The van der Waals surface area contributed by atoms with Crippen LogP contribution in [0.1, 0.15) is 45.4 Å². The van der Waals surface area contributed by atoms with Crippen LogP contribution in [-0.2, 0) is 4.79 Å². The highest BCUT2D eigenvalue weighted by atomic mass is 16.1. The van der Waals surface area contributed by atoms with Gasteiger partial charge >= 0.3 is 0 Å². The molecule has 0 aromatic heterocycles. The molecule has 2 heteroatoms. The number of hydrogen-bond acceptors (Lipinski definition) is 1. The van der Waals surface area contributed by atoms with Crippen molar-refractivity contribution in [2.45, 2.75) is 51.5 Å². The molecule has 1 fully saturated rings. The molecule has 1 saturated carbocycles. The molecule has 1 aliphatic rings. The largest absolute Gasteiger partial charge is 0.353 e. The SMILES string of the molecule is C=C1CCCC[C@@H](NC(=O)CC)C1. The second kappa shape index (κ2) is 5.05. The lowest BCUT2D eigenvalue weighted by Gasteiger charge is -2.16. The Bertz CT molecular complexity index is 198. The zero-order chi connectivity index (χ0) is 9.68.